The lowest BCUT2D eigenvalue weighted by atomic mass is 10.3. The van der Waals surface area contributed by atoms with Gasteiger partial charge in [0.2, 0.25) is 0 Å². The van der Waals surface area contributed by atoms with Gasteiger partial charge in [0.1, 0.15) is 22.3 Å². The first-order valence-electron chi connectivity index (χ1n) is 5.05. The number of thiocarbonyl (C=S) groups is 1. The second-order valence-electron chi connectivity index (χ2n) is 3.54. The van der Waals surface area contributed by atoms with Crippen molar-refractivity contribution in [3.63, 3.8) is 0 Å². The highest BCUT2D eigenvalue weighted by Gasteiger charge is 2.09. The number of hydrogen-bond donors (Lipinski definition) is 1. The molecule has 0 spiro atoms. The van der Waals surface area contributed by atoms with Crippen molar-refractivity contribution in [1.82, 2.24) is 4.98 Å². The number of ether oxygens (including phenoxy) is 1. The molecule has 0 bridgehead atoms. The fraction of sp³-hybridized carbons (Fsp3) is 0. The second kappa shape index (κ2) is 5.81. The summed E-state index contributed by atoms with van der Waals surface area (Å²) < 4.78 is 19.4. The maximum atomic E-state index is 13.3. The highest BCUT2D eigenvalue weighted by atomic mass is 79.9. The van der Waals surface area contributed by atoms with Gasteiger partial charge in [-0.2, -0.15) is 0 Å². The molecule has 1 aromatic carbocycles. The third kappa shape index (κ3) is 3.40. The van der Waals surface area contributed by atoms with Gasteiger partial charge in [-0.05, 0) is 34.1 Å². The first-order chi connectivity index (χ1) is 8.97. The number of nitrogens with zero attached hydrogens (tertiary/aromatic N) is 1. The van der Waals surface area contributed by atoms with Crippen LogP contribution in [-0.2, 0) is 0 Å². The monoisotopic (exact) mass is 360 g/mol. The normalized spacial score (nSPS) is 10.3. The van der Waals surface area contributed by atoms with Crippen LogP contribution < -0.4 is 10.5 Å². The van der Waals surface area contributed by atoms with Gasteiger partial charge in [0.05, 0.1) is 21.4 Å². The van der Waals surface area contributed by atoms with Gasteiger partial charge < -0.3 is 10.5 Å². The predicted molar refractivity (Wildman–Crippen MR) is 79.3 cm³/mol. The summed E-state index contributed by atoms with van der Waals surface area (Å²) in [7, 11) is 0. The topological polar surface area (TPSA) is 48.1 Å². The van der Waals surface area contributed by atoms with Crippen molar-refractivity contribution in [2.24, 2.45) is 5.73 Å². The minimum atomic E-state index is -0.562. The highest BCUT2D eigenvalue weighted by molar-refractivity contribution is 9.10. The van der Waals surface area contributed by atoms with E-state index in [-0.39, 0.29) is 10.0 Å². The van der Waals surface area contributed by atoms with E-state index in [2.05, 4.69) is 20.9 Å². The molecule has 1 heterocycles. The average molecular weight is 362 g/mol. The highest BCUT2D eigenvalue weighted by Crippen LogP contribution is 2.33. The van der Waals surface area contributed by atoms with Crippen LogP contribution in [0, 0.1) is 5.82 Å². The van der Waals surface area contributed by atoms with Crippen molar-refractivity contribution in [2.45, 2.75) is 0 Å². The van der Waals surface area contributed by atoms with E-state index in [1.54, 1.807) is 12.1 Å². The van der Waals surface area contributed by atoms with Gasteiger partial charge >= 0.3 is 0 Å². The van der Waals surface area contributed by atoms with Crippen LogP contribution >= 0.6 is 39.7 Å². The van der Waals surface area contributed by atoms with Gasteiger partial charge in [-0.15, -0.1) is 0 Å². The largest absolute Gasteiger partial charge is 0.454 e. The lowest BCUT2D eigenvalue weighted by Crippen LogP contribution is -2.10. The Labute approximate surface area is 127 Å². The van der Waals surface area contributed by atoms with Crippen LogP contribution in [0.2, 0.25) is 5.02 Å². The van der Waals surface area contributed by atoms with Crippen LogP contribution in [0.1, 0.15) is 5.69 Å². The van der Waals surface area contributed by atoms with Gasteiger partial charge in [-0.25, -0.2) is 9.37 Å². The minimum Gasteiger partial charge on any atom is -0.454 e. The fourth-order valence-corrected chi connectivity index (χ4v) is 2.14. The van der Waals surface area contributed by atoms with Crippen molar-refractivity contribution in [2.75, 3.05) is 0 Å². The summed E-state index contributed by atoms with van der Waals surface area (Å²) in [5.74, 6) is 0.168. The first-order valence-corrected chi connectivity index (χ1v) is 6.63. The first kappa shape index (κ1) is 14.2. The molecule has 2 rings (SSSR count). The van der Waals surface area contributed by atoms with Crippen LogP contribution in [0.5, 0.6) is 11.5 Å². The predicted octanol–water partition coefficient (Wildman–Crippen LogP) is 4.06. The molecular weight excluding hydrogens is 355 g/mol. The van der Waals surface area contributed by atoms with Crippen molar-refractivity contribution in [3.05, 3.63) is 51.5 Å². The Hall–Kier alpha value is -1.24. The quantitative estimate of drug-likeness (QED) is 0.661. The van der Waals surface area contributed by atoms with Gasteiger partial charge in [0.15, 0.2) is 0 Å². The van der Waals surface area contributed by atoms with Crippen molar-refractivity contribution in [1.29, 1.82) is 0 Å². The van der Waals surface area contributed by atoms with E-state index in [1.807, 2.05) is 0 Å². The maximum absolute atomic E-state index is 13.3. The Bertz CT molecular complexity index is 636. The molecule has 0 saturated heterocycles. The average Bonchev–Trinajstić information content (AvgIpc) is 2.36. The number of hydrogen-bond acceptors (Lipinski definition) is 3. The van der Waals surface area contributed by atoms with E-state index in [0.717, 1.165) is 0 Å². The van der Waals surface area contributed by atoms with E-state index in [4.69, 9.17) is 34.3 Å². The number of aromatic nitrogens is 1. The van der Waals surface area contributed by atoms with Crippen molar-refractivity contribution >= 4 is 44.7 Å². The lowest BCUT2D eigenvalue weighted by molar-refractivity contribution is 0.471. The van der Waals surface area contributed by atoms with Gasteiger partial charge in [-0.1, -0.05) is 23.8 Å². The zero-order valence-electron chi connectivity index (χ0n) is 9.36. The third-order valence-electron chi connectivity index (χ3n) is 2.19. The molecule has 0 aliphatic rings. The summed E-state index contributed by atoms with van der Waals surface area (Å²) >= 11 is 13.7. The zero-order valence-corrected chi connectivity index (χ0v) is 12.5. The van der Waals surface area contributed by atoms with E-state index in [0.29, 0.717) is 21.7 Å². The lowest BCUT2D eigenvalue weighted by Gasteiger charge is -2.08. The van der Waals surface area contributed by atoms with Crippen LogP contribution in [0.3, 0.4) is 0 Å². The molecular formula is C12H7BrClFN2OS. The maximum Gasteiger partial charge on any atom is 0.145 e. The molecule has 2 aromatic rings. The Morgan fingerprint density at radius 3 is 2.74 bits per heavy atom. The second-order valence-corrected chi connectivity index (χ2v) is 5.24. The Balaban J connectivity index is 2.26. The molecule has 0 aliphatic heterocycles. The molecule has 0 radical (unpaired) electrons. The molecule has 2 N–H and O–H groups in total. The summed E-state index contributed by atoms with van der Waals surface area (Å²) in [6.07, 6.45) is 1.45. The summed E-state index contributed by atoms with van der Waals surface area (Å²) in [6.45, 7) is 0. The van der Waals surface area contributed by atoms with Crippen LogP contribution in [0.15, 0.2) is 34.9 Å². The third-order valence-corrected chi connectivity index (χ3v) is 3.31. The van der Waals surface area contributed by atoms with E-state index in [1.165, 1.54) is 18.3 Å². The summed E-state index contributed by atoms with van der Waals surface area (Å²) in [4.78, 5) is 4.22. The molecule has 0 unspecified atom stereocenters. The number of nitrogens with two attached hydrogens (primary N) is 1. The zero-order chi connectivity index (χ0) is 14.0. The van der Waals surface area contributed by atoms with Crippen LogP contribution in [0.4, 0.5) is 4.39 Å². The molecule has 98 valence electrons. The molecule has 0 fully saturated rings. The number of halogens is 3. The van der Waals surface area contributed by atoms with Gasteiger partial charge in [-0.3, -0.25) is 0 Å². The van der Waals surface area contributed by atoms with Gasteiger partial charge in [0, 0.05) is 6.07 Å². The number of rotatable bonds is 3. The van der Waals surface area contributed by atoms with E-state index < -0.39 is 5.82 Å². The van der Waals surface area contributed by atoms with Crippen LogP contribution in [0.25, 0.3) is 0 Å². The fourth-order valence-electron chi connectivity index (χ4n) is 1.30. The SMILES string of the molecule is NC(=S)c1ccc(Oc2cc(F)c(Cl)cc2Br)cn1. The molecule has 3 nitrogen and oxygen atoms in total. The van der Waals surface area contributed by atoms with Crippen molar-refractivity contribution in [3.8, 4) is 11.5 Å². The number of benzene rings is 1. The Kier molecular flexibility index (Phi) is 4.34. The minimum absolute atomic E-state index is 0.0150. The molecule has 0 saturated carbocycles. The van der Waals surface area contributed by atoms with Crippen LogP contribution in [-0.4, -0.2) is 9.97 Å². The molecule has 7 heteroatoms. The van der Waals surface area contributed by atoms with Gasteiger partial charge in [0.25, 0.3) is 0 Å². The Morgan fingerprint density at radius 2 is 2.16 bits per heavy atom. The van der Waals surface area contributed by atoms with E-state index in [9.17, 15) is 4.39 Å². The molecule has 19 heavy (non-hydrogen) atoms. The number of pyridine rings is 1. The standard InChI is InChI=1S/C12H7BrClFN2OS/c13-7-3-8(14)9(15)4-11(7)18-6-1-2-10(12(16)19)17-5-6/h1-5H,(H2,16,19). The summed E-state index contributed by atoms with van der Waals surface area (Å²) in [6, 6.07) is 5.87. The molecule has 0 amide bonds. The molecule has 0 aliphatic carbocycles. The van der Waals surface area contributed by atoms with Crippen molar-refractivity contribution < 1.29 is 9.13 Å². The molecule has 1 aromatic heterocycles. The smallest absolute Gasteiger partial charge is 0.145 e. The summed E-state index contributed by atoms with van der Waals surface area (Å²) in [5.41, 5.74) is 5.92. The molecule has 0 atom stereocenters. The summed E-state index contributed by atoms with van der Waals surface area (Å²) in [5, 5.41) is 0.0150. The van der Waals surface area contributed by atoms with E-state index >= 15 is 0 Å². The Morgan fingerprint density at radius 1 is 1.42 bits per heavy atom.